The summed E-state index contributed by atoms with van der Waals surface area (Å²) in [6.07, 6.45) is -4.56. The van der Waals surface area contributed by atoms with E-state index in [4.69, 9.17) is 0 Å². The average Bonchev–Trinajstić information content (AvgIpc) is 2.39. The topological polar surface area (TPSA) is 15.3 Å². The third-order valence-corrected chi connectivity index (χ3v) is 3.95. The summed E-state index contributed by atoms with van der Waals surface area (Å²) in [5.41, 5.74) is -1.11. The van der Waals surface area contributed by atoms with Crippen LogP contribution in [0.4, 0.5) is 17.6 Å². The second kappa shape index (κ2) is 6.16. The summed E-state index contributed by atoms with van der Waals surface area (Å²) >= 11 is 0. The first kappa shape index (κ1) is 17.2. The zero-order valence-electron chi connectivity index (χ0n) is 13.1. The number of rotatable bonds is 2. The molecule has 124 valence electrons. The molecule has 1 atom stereocenters. The van der Waals surface area contributed by atoms with Gasteiger partial charge in [0.1, 0.15) is 5.82 Å². The summed E-state index contributed by atoms with van der Waals surface area (Å²) in [4.78, 5) is 2.05. The summed E-state index contributed by atoms with van der Waals surface area (Å²) in [6, 6.07) is 2.60. The van der Waals surface area contributed by atoms with Crippen molar-refractivity contribution >= 4 is 0 Å². The van der Waals surface area contributed by atoms with Crippen molar-refractivity contribution in [3.05, 3.63) is 35.1 Å². The maximum atomic E-state index is 13.4. The molecule has 1 aromatic carbocycles. The Labute approximate surface area is 128 Å². The molecular weight excluding hydrogens is 296 g/mol. The summed E-state index contributed by atoms with van der Waals surface area (Å²) in [5, 5.41) is 3.20. The number of hydrogen-bond acceptors (Lipinski definition) is 2. The van der Waals surface area contributed by atoms with Crippen LogP contribution in [-0.4, -0.2) is 31.1 Å². The third kappa shape index (κ3) is 3.79. The molecule has 2 nitrogen and oxygen atoms in total. The lowest BCUT2D eigenvalue weighted by Gasteiger charge is -2.43. The Morgan fingerprint density at radius 2 is 1.68 bits per heavy atom. The number of piperazine rings is 1. The maximum Gasteiger partial charge on any atom is 0.416 e. The summed E-state index contributed by atoms with van der Waals surface area (Å²) in [7, 11) is 0. The fourth-order valence-corrected chi connectivity index (χ4v) is 3.16. The molecule has 0 bridgehead atoms. The van der Waals surface area contributed by atoms with Gasteiger partial charge in [0.25, 0.3) is 0 Å². The predicted octanol–water partition coefficient (Wildman–Crippen LogP) is 3.84. The number of nitrogens with zero attached hydrogens (tertiary/aromatic N) is 1. The molecule has 1 aromatic rings. The highest BCUT2D eigenvalue weighted by atomic mass is 19.4. The molecule has 2 rings (SSSR count). The quantitative estimate of drug-likeness (QED) is 0.834. The fraction of sp³-hybridized carbons (Fsp3) is 0.625. The van der Waals surface area contributed by atoms with Gasteiger partial charge < -0.3 is 5.32 Å². The lowest BCUT2D eigenvalue weighted by atomic mass is 9.79. The van der Waals surface area contributed by atoms with E-state index in [-0.39, 0.29) is 5.56 Å². The van der Waals surface area contributed by atoms with E-state index in [1.807, 2.05) is 20.8 Å². The van der Waals surface area contributed by atoms with Crippen molar-refractivity contribution in [3.8, 4) is 0 Å². The standard InChI is InChI=1S/C16H22F4N2/c1-15(2,3)14(22-8-6-21-7-9-22)12-5-4-11(17)10-13(12)16(18,19)20/h4-5,10,14,21H,6-9H2,1-3H3/t14-/m0/s1. The molecule has 0 aromatic heterocycles. The first-order valence-corrected chi connectivity index (χ1v) is 7.42. The smallest absolute Gasteiger partial charge is 0.314 e. The third-order valence-electron chi connectivity index (χ3n) is 3.95. The van der Waals surface area contributed by atoms with Gasteiger partial charge in [-0.15, -0.1) is 0 Å². The molecule has 1 aliphatic rings. The van der Waals surface area contributed by atoms with Gasteiger partial charge >= 0.3 is 6.18 Å². The first-order chi connectivity index (χ1) is 10.1. The van der Waals surface area contributed by atoms with Crippen molar-refractivity contribution in [3.63, 3.8) is 0 Å². The average molecular weight is 318 g/mol. The molecule has 1 N–H and O–H groups in total. The Bertz CT molecular complexity index is 514. The summed E-state index contributed by atoms with van der Waals surface area (Å²) in [5.74, 6) is -0.857. The second-order valence-electron chi connectivity index (χ2n) is 6.78. The van der Waals surface area contributed by atoms with Gasteiger partial charge in [-0.05, 0) is 23.1 Å². The molecule has 0 saturated carbocycles. The molecule has 0 spiro atoms. The van der Waals surface area contributed by atoms with E-state index in [9.17, 15) is 17.6 Å². The Hall–Kier alpha value is -1.14. The second-order valence-corrected chi connectivity index (χ2v) is 6.78. The normalized spacial score (nSPS) is 19.2. The number of benzene rings is 1. The van der Waals surface area contributed by atoms with Crippen molar-refractivity contribution in [2.75, 3.05) is 26.2 Å². The van der Waals surface area contributed by atoms with Crippen molar-refractivity contribution in [2.45, 2.75) is 33.0 Å². The first-order valence-electron chi connectivity index (χ1n) is 7.42. The summed E-state index contributed by atoms with van der Waals surface area (Å²) in [6.45, 7) is 8.60. The molecule has 1 fully saturated rings. The largest absolute Gasteiger partial charge is 0.416 e. The van der Waals surface area contributed by atoms with Gasteiger partial charge in [-0.25, -0.2) is 4.39 Å². The lowest BCUT2D eigenvalue weighted by molar-refractivity contribution is -0.139. The van der Waals surface area contributed by atoms with Crippen LogP contribution in [0.15, 0.2) is 18.2 Å². The molecule has 22 heavy (non-hydrogen) atoms. The summed E-state index contributed by atoms with van der Waals surface area (Å²) < 4.78 is 53.4. The molecule has 0 radical (unpaired) electrons. The van der Waals surface area contributed by atoms with Gasteiger partial charge in [-0.1, -0.05) is 26.8 Å². The van der Waals surface area contributed by atoms with Gasteiger partial charge in [-0.3, -0.25) is 4.90 Å². The Balaban J connectivity index is 2.52. The van der Waals surface area contributed by atoms with E-state index in [0.717, 1.165) is 19.2 Å². The van der Waals surface area contributed by atoms with Gasteiger partial charge in [0.15, 0.2) is 0 Å². The van der Waals surface area contributed by atoms with Crippen LogP contribution in [0.5, 0.6) is 0 Å². The molecule has 1 heterocycles. The van der Waals surface area contributed by atoms with E-state index >= 15 is 0 Å². The fourth-order valence-electron chi connectivity index (χ4n) is 3.16. The zero-order chi connectivity index (χ0) is 16.5. The van der Waals surface area contributed by atoms with Crippen molar-refractivity contribution in [2.24, 2.45) is 5.41 Å². The number of halogens is 4. The lowest BCUT2D eigenvalue weighted by Crippen LogP contribution is -2.48. The van der Waals surface area contributed by atoms with Gasteiger partial charge in [0, 0.05) is 32.2 Å². The van der Waals surface area contributed by atoms with Crippen LogP contribution in [0.25, 0.3) is 0 Å². The van der Waals surface area contributed by atoms with Crippen LogP contribution in [0, 0.1) is 11.2 Å². The minimum atomic E-state index is -4.56. The SMILES string of the molecule is CC(C)(C)[C@H](c1ccc(F)cc1C(F)(F)F)N1CCNCC1. The van der Waals surface area contributed by atoms with Crippen molar-refractivity contribution in [1.82, 2.24) is 10.2 Å². The molecule has 0 amide bonds. The molecular formula is C16H22F4N2. The van der Waals surface area contributed by atoms with Crippen LogP contribution >= 0.6 is 0 Å². The van der Waals surface area contributed by atoms with Gasteiger partial charge in [0.05, 0.1) is 5.56 Å². The Kier molecular flexibility index (Phi) is 4.82. The van der Waals surface area contributed by atoms with Gasteiger partial charge in [0.2, 0.25) is 0 Å². The molecule has 1 saturated heterocycles. The molecule has 0 unspecified atom stereocenters. The maximum absolute atomic E-state index is 13.4. The highest BCUT2D eigenvalue weighted by molar-refractivity contribution is 5.34. The van der Waals surface area contributed by atoms with E-state index in [2.05, 4.69) is 10.2 Å². The highest BCUT2D eigenvalue weighted by Gasteiger charge is 2.40. The van der Waals surface area contributed by atoms with Crippen molar-refractivity contribution < 1.29 is 17.6 Å². The molecule has 1 aliphatic heterocycles. The van der Waals surface area contributed by atoms with Crippen molar-refractivity contribution in [1.29, 1.82) is 0 Å². The minimum absolute atomic E-state index is 0.156. The number of nitrogens with one attached hydrogen (secondary N) is 1. The van der Waals surface area contributed by atoms with E-state index in [0.29, 0.717) is 19.2 Å². The monoisotopic (exact) mass is 318 g/mol. The van der Waals surface area contributed by atoms with Gasteiger partial charge in [-0.2, -0.15) is 13.2 Å². The minimum Gasteiger partial charge on any atom is -0.314 e. The Morgan fingerprint density at radius 3 is 2.18 bits per heavy atom. The van der Waals surface area contributed by atoms with E-state index in [1.54, 1.807) is 0 Å². The predicted molar refractivity (Wildman–Crippen MR) is 78.0 cm³/mol. The number of hydrogen-bond donors (Lipinski definition) is 1. The Morgan fingerprint density at radius 1 is 1.09 bits per heavy atom. The van der Waals surface area contributed by atoms with Crippen LogP contribution in [0.3, 0.4) is 0 Å². The highest BCUT2D eigenvalue weighted by Crippen LogP contribution is 2.44. The van der Waals surface area contributed by atoms with E-state index < -0.39 is 29.0 Å². The van der Waals surface area contributed by atoms with Crippen LogP contribution in [-0.2, 0) is 6.18 Å². The zero-order valence-corrected chi connectivity index (χ0v) is 13.1. The van der Waals surface area contributed by atoms with Crippen LogP contribution in [0.2, 0.25) is 0 Å². The number of alkyl halides is 3. The molecule has 0 aliphatic carbocycles. The van der Waals surface area contributed by atoms with Crippen LogP contribution < -0.4 is 5.32 Å². The van der Waals surface area contributed by atoms with E-state index in [1.165, 1.54) is 6.07 Å². The molecule has 6 heteroatoms. The van der Waals surface area contributed by atoms with Crippen LogP contribution in [0.1, 0.15) is 37.9 Å².